The number of rotatable bonds is 6. The van der Waals surface area contributed by atoms with Gasteiger partial charge in [-0.1, -0.05) is 37.3 Å². The number of furan rings is 1. The summed E-state index contributed by atoms with van der Waals surface area (Å²) in [6, 6.07) is 12.3. The molecule has 1 spiro atoms. The molecule has 1 aromatic carbocycles. The van der Waals surface area contributed by atoms with Crippen LogP contribution in [-0.4, -0.2) is 34.9 Å². The quantitative estimate of drug-likeness (QED) is 0.635. The van der Waals surface area contributed by atoms with E-state index in [4.69, 9.17) is 4.42 Å². The van der Waals surface area contributed by atoms with E-state index in [-0.39, 0.29) is 18.5 Å². The summed E-state index contributed by atoms with van der Waals surface area (Å²) in [5, 5.41) is 6.76. The molecule has 0 bridgehead atoms. The van der Waals surface area contributed by atoms with Crippen LogP contribution in [-0.2, 0) is 9.59 Å². The van der Waals surface area contributed by atoms with E-state index in [1.54, 1.807) is 12.3 Å². The summed E-state index contributed by atoms with van der Waals surface area (Å²) < 4.78 is 5.51. The molecule has 1 aromatic heterocycles. The molecule has 1 aliphatic heterocycles. The average molecular weight is 410 g/mol. The summed E-state index contributed by atoms with van der Waals surface area (Å²) in [4.78, 5) is 37.8. The molecule has 30 heavy (non-hydrogen) atoms. The standard InChI is InChI=1S/C22H26N4O4/c1-15-9-11-22(12-10-15)20(28)26(21(29)24-22)25-18(27)14-23-19(17-8-5-13-30-17)16-6-3-2-4-7-16/h2-8,13,15,19,23H,9-12,14H2,1H3,(H,24,29)(H,25,27)/t15?,19-,22?/m1/s1. The minimum absolute atomic E-state index is 0.0959. The maximum absolute atomic E-state index is 12.9. The molecule has 2 fully saturated rings. The van der Waals surface area contributed by atoms with Crippen LogP contribution in [0.4, 0.5) is 4.79 Å². The summed E-state index contributed by atoms with van der Waals surface area (Å²) >= 11 is 0. The molecule has 4 rings (SSSR count). The number of carbonyl (C=O) groups is 3. The van der Waals surface area contributed by atoms with E-state index in [1.807, 2.05) is 36.4 Å². The lowest BCUT2D eigenvalue weighted by Crippen LogP contribution is -2.52. The highest BCUT2D eigenvalue weighted by Crippen LogP contribution is 2.35. The van der Waals surface area contributed by atoms with Crippen molar-refractivity contribution in [2.45, 2.75) is 44.2 Å². The van der Waals surface area contributed by atoms with Crippen molar-refractivity contribution in [1.82, 2.24) is 21.1 Å². The fourth-order valence-electron chi connectivity index (χ4n) is 4.16. The topological polar surface area (TPSA) is 104 Å². The Morgan fingerprint density at radius 3 is 2.60 bits per heavy atom. The second kappa shape index (κ2) is 8.31. The Kier molecular flexibility index (Phi) is 5.59. The number of hydrogen-bond acceptors (Lipinski definition) is 5. The van der Waals surface area contributed by atoms with E-state index >= 15 is 0 Å². The zero-order valence-electron chi connectivity index (χ0n) is 16.9. The summed E-state index contributed by atoms with van der Waals surface area (Å²) in [7, 11) is 0. The van der Waals surface area contributed by atoms with Crippen molar-refractivity contribution < 1.29 is 18.8 Å². The van der Waals surface area contributed by atoms with Crippen molar-refractivity contribution in [2.75, 3.05) is 6.54 Å². The van der Waals surface area contributed by atoms with Crippen LogP contribution in [0.5, 0.6) is 0 Å². The molecule has 1 saturated carbocycles. The van der Waals surface area contributed by atoms with Crippen LogP contribution >= 0.6 is 0 Å². The highest BCUT2D eigenvalue weighted by molar-refractivity contribution is 6.08. The number of carbonyl (C=O) groups excluding carboxylic acids is 3. The predicted octanol–water partition coefficient (Wildman–Crippen LogP) is 2.49. The van der Waals surface area contributed by atoms with E-state index in [0.29, 0.717) is 24.5 Å². The second-order valence-electron chi connectivity index (χ2n) is 8.11. The Hall–Kier alpha value is -3.13. The van der Waals surface area contributed by atoms with Gasteiger partial charge in [0.05, 0.1) is 18.8 Å². The first-order valence-electron chi connectivity index (χ1n) is 10.3. The Morgan fingerprint density at radius 2 is 1.93 bits per heavy atom. The lowest BCUT2D eigenvalue weighted by atomic mass is 9.77. The molecular formula is C22H26N4O4. The van der Waals surface area contributed by atoms with Crippen LogP contribution in [0, 0.1) is 5.92 Å². The van der Waals surface area contributed by atoms with Crippen LogP contribution in [0.2, 0.25) is 0 Å². The van der Waals surface area contributed by atoms with E-state index in [1.165, 1.54) is 0 Å². The van der Waals surface area contributed by atoms with Crippen LogP contribution in [0.15, 0.2) is 53.1 Å². The molecule has 2 aliphatic rings. The van der Waals surface area contributed by atoms with Gasteiger partial charge in [0, 0.05) is 0 Å². The first-order chi connectivity index (χ1) is 14.5. The number of hydrazine groups is 1. The van der Waals surface area contributed by atoms with E-state index in [0.717, 1.165) is 23.4 Å². The minimum Gasteiger partial charge on any atom is -0.467 e. The number of nitrogens with zero attached hydrogens (tertiary/aromatic N) is 1. The van der Waals surface area contributed by atoms with E-state index in [9.17, 15) is 14.4 Å². The highest BCUT2D eigenvalue weighted by Gasteiger charge is 2.52. The molecule has 1 saturated heterocycles. The summed E-state index contributed by atoms with van der Waals surface area (Å²) in [5.41, 5.74) is 2.50. The van der Waals surface area contributed by atoms with Gasteiger partial charge in [-0.2, -0.15) is 5.01 Å². The minimum atomic E-state index is -0.884. The maximum atomic E-state index is 12.9. The van der Waals surface area contributed by atoms with E-state index < -0.39 is 17.5 Å². The van der Waals surface area contributed by atoms with Crippen molar-refractivity contribution in [1.29, 1.82) is 0 Å². The van der Waals surface area contributed by atoms with Gasteiger partial charge in [0.25, 0.3) is 11.8 Å². The fourth-order valence-corrected chi connectivity index (χ4v) is 4.16. The lowest BCUT2D eigenvalue weighted by Gasteiger charge is -2.33. The van der Waals surface area contributed by atoms with Gasteiger partial charge in [0.15, 0.2) is 0 Å². The second-order valence-corrected chi connectivity index (χ2v) is 8.11. The molecule has 8 heteroatoms. The van der Waals surface area contributed by atoms with E-state index in [2.05, 4.69) is 23.0 Å². The largest absolute Gasteiger partial charge is 0.467 e. The van der Waals surface area contributed by atoms with Crippen LogP contribution in [0.25, 0.3) is 0 Å². The van der Waals surface area contributed by atoms with Gasteiger partial charge >= 0.3 is 6.03 Å². The van der Waals surface area contributed by atoms with Gasteiger partial charge in [-0.05, 0) is 49.3 Å². The smallest absolute Gasteiger partial charge is 0.344 e. The van der Waals surface area contributed by atoms with Gasteiger partial charge in [-0.3, -0.25) is 20.3 Å². The molecule has 1 atom stereocenters. The lowest BCUT2D eigenvalue weighted by molar-refractivity contribution is -0.139. The Bertz CT molecular complexity index is 904. The molecule has 158 valence electrons. The zero-order chi connectivity index (χ0) is 21.1. The SMILES string of the molecule is CC1CCC2(CC1)NC(=O)N(NC(=O)CN[C@H](c1ccccc1)c1ccco1)C2=O. The van der Waals surface area contributed by atoms with Crippen molar-refractivity contribution in [3.05, 3.63) is 60.1 Å². The molecule has 8 nitrogen and oxygen atoms in total. The number of nitrogens with one attached hydrogen (secondary N) is 3. The van der Waals surface area contributed by atoms with Crippen molar-refractivity contribution in [3.8, 4) is 0 Å². The molecule has 1 aliphatic carbocycles. The Balaban J connectivity index is 1.39. The molecular weight excluding hydrogens is 384 g/mol. The summed E-state index contributed by atoms with van der Waals surface area (Å²) in [6.07, 6.45) is 4.51. The summed E-state index contributed by atoms with van der Waals surface area (Å²) in [5.74, 6) is 0.342. The summed E-state index contributed by atoms with van der Waals surface area (Å²) in [6.45, 7) is 2.04. The molecule has 2 heterocycles. The van der Waals surface area contributed by atoms with Crippen molar-refractivity contribution in [2.24, 2.45) is 5.92 Å². The number of benzene rings is 1. The Morgan fingerprint density at radius 1 is 1.20 bits per heavy atom. The third-order valence-corrected chi connectivity index (χ3v) is 5.95. The first kappa shape index (κ1) is 20.2. The van der Waals surface area contributed by atoms with Crippen molar-refractivity contribution in [3.63, 3.8) is 0 Å². The predicted molar refractivity (Wildman–Crippen MR) is 109 cm³/mol. The number of imide groups is 1. The van der Waals surface area contributed by atoms with Crippen LogP contribution in [0.1, 0.15) is 50.0 Å². The van der Waals surface area contributed by atoms with Crippen molar-refractivity contribution >= 4 is 17.8 Å². The van der Waals surface area contributed by atoms with Gasteiger partial charge < -0.3 is 9.73 Å². The number of hydrogen-bond donors (Lipinski definition) is 3. The van der Waals surface area contributed by atoms with Gasteiger partial charge in [-0.25, -0.2) is 4.79 Å². The molecule has 0 radical (unpaired) electrons. The Labute approximate surface area is 175 Å². The molecule has 4 amide bonds. The molecule has 0 unspecified atom stereocenters. The van der Waals surface area contributed by atoms with Gasteiger partial charge in [0.1, 0.15) is 11.3 Å². The number of amides is 4. The third kappa shape index (κ3) is 3.95. The molecule has 3 N–H and O–H groups in total. The average Bonchev–Trinajstić information content (AvgIpc) is 3.35. The monoisotopic (exact) mass is 410 g/mol. The first-order valence-corrected chi connectivity index (χ1v) is 10.3. The highest BCUT2D eigenvalue weighted by atomic mass is 16.3. The normalized spacial score (nSPS) is 24.7. The van der Waals surface area contributed by atoms with Gasteiger partial charge in [0.2, 0.25) is 0 Å². The maximum Gasteiger partial charge on any atom is 0.344 e. The van der Waals surface area contributed by atoms with Crippen LogP contribution in [0.3, 0.4) is 0 Å². The number of urea groups is 1. The fraction of sp³-hybridized carbons (Fsp3) is 0.409. The third-order valence-electron chi connectivity index (χ3n) is 5.95. The molecule has 2 aromatic rings. The van der Waals surface area contributed by atoms with Gasteiger partial charge in [-0.15, -0.1) is 0 Å². The van der Waals surface area contributed by atoms with Crippen LogP contribution < -0.4 is 16.1 Å². The zero-order valence-corrected chi connectivity index (χ0v) is 16.9.